The standard InChI is InChI=1S/C14H16FN5O3/c1-4-13(3)7(2)14(15,5-21)23-11(13)20-6-17-8-9(20)18-12(16)19-10(8)22/h1,6-7,11,21H,5H2,2-3H3,(H3,16,18,19,22)/t7?,11?,13-,14+/m0/s1. The number of anilines is 1. The number of fused-ring (bicyclic) bond motifs is 1. The summed E-state index contributed by atoms with van der Waals surface area (Å²) < 4.78 is 21.6. The molecule has 1 fully saturated rings. The molecule has 3 rings (SSSR count). The normalized spacial score (nSPS) is 33.9. The minimum absolute atomic E-state index is 0.0372. The van der Waals surface area contributed by atoms with Crippen LogP contribution < -0.4 is 11.3 Å². The van der Waals surface area contributed by atoms with E-state index in [1.165, 1.54) is 10.9 Å². The molecule has 2 aromatic rings. The average Bonchev–Trinajstić information content (AvgIpc) is 3.01. The van der Waals surface area contributed by atoms with Crippen LogP contribution in [0.15, 0.2) is 11.1 Å². The molecule has 23 heavy (non-hydrogen) atoms. The molecule has 0 spiro atoms. The number of nitrogens with zero attached hydrogens (tertiary/aromatic N) is 3. The molecule has 1 aliphatic rings. The van der Waals surface area contributed by atoms with Crippen molar-refractivity contribution >= 4 is 17.1 Å². The predicted molar refractivity (Wildman–Crippen MR) is 79.7 cm³/mol. The third-order valence-electron chi connectivity index (χ3n) is 4.60. The lowest BCUT2D eigenvalue weighted by Crippen LogP contribution is -2.37. The smallest absolute Gasteiger partial charge is 0.280 e. The first-order valence-corrected chi connectivity index (χ1v) is 6.94. The SMILES string of the molecule is C#C[C@]1(C)C(n2cnc3c(=O)[nH]c(N)nc32)O[C@](F)(CO)C1C. The number of alkyl halides is 1. The second-order valence-corrected chi connectivity index (χ2v) is 5.84. The molecule has 8 nitrogen and oxygen atoms in total. The maximum Gasteiger partial charge on any atom is 0.280 e. The van der Waals surface area contributed by atoms with Gasteiger partial charge in [0.1, 0.15) is 6.61 Å². The Labute approximate surface area is 130 Å². The first-order chi connectivity index (χ1) is 10.8. The Balaban J connectivity index is 2.22. The van der Waals surface area contributed by atoms with Crippen LogP contribution in [0.3, 0.4) is 0 Å². The molecule has 2 aromatic heterocycles. The third-order valence-corrected chi connectivity index (χ3v) is 4.60. The van der Waals surface area contributed by atoms with E-state index in [9.17, 15) is 14.3 Å². The lowest BCUT2D eigenvalue weighted by atomic mass is 9.76. The van der Waals surface area contributed by atoms with Gasteiger partial charge in [0.2, 0.25) is 11.8 Å². The number of hydrogen-bond acceptors (Lipinski definition) is 6. The van der Waals surface area contributed by atoms with Crippen LogP contribution in [0.5, 0.6) is 0 Å². The van der Waals surface area contributed by atoms with E-state index in [-0.39, 0.29) is 17.1 Å². The van der Waals surface area contributed by atoms with Crippen LogP contribution in [-0.4, -0.2) is 37.1 Å². The van der Waals surface area contributed by atoms with Gasteiger partial charge in [0.05, 0.1) is 11.7 Å². The number of nitrogens with two attached hydrogens (primary N) is 1. The van der Waals surface area contributed by atoms with Gasteiger partial charge >= 0.3 is 0 Å². The number of imidazole rings is 1. The molecule has 0 aliphatic carbocycles. The summed E-state index contributed by atoms with van der Waals surface area (Å²) in [6, 6.07) is 0. The first kappa shape index (κ1) is 15.5. The van der Waals surface area contributed by atoms with Crippen molar-refractivity contribution in [2.24, 2.45) is 11.3 Å². The number of ether oxygens (including phenoxy) is 1. The van der Waals surface area contributed by atoms with Gasteiger partial charge in [0, 0.05) is 5.92 Å². The monoisotopic (exact) mass is 321 g/mol. The van der Waals surface area contributed by atoms with Crippen molar-refractivity contribution in [1.29, 1.82) is 0 Å². The van der Waals surface area contributed by atoms with E-state index in [1.54, 1.807) is 13.8 Å². The van der Waals surface area contributed by atoms with Crippen LogP contribution >= 0.6 is 0 Å². The molecule has 0 saturated carbocycles. The minimum Gasteiger partial charge on any atom is -0.390 e. The number of aliphatic hydroxyl groups excluding tert-OH is 1. The second kappa shape index (κ2) is 4.78. The molecule has 0 aromatic carbocycles. The lowest BCUT2D eigenvalue weighted by molar-refractivity contribution is -0.191. The molecule has 2 unspecified atom stereocenters. The summed E-state index contributed by atoms with van der Waals surface area (Å²) in [5.41, 5.74) is 4.11. The molecular formula is C14H16FN5O3. The van der Waals surface area contributed by atoms with Crippen LogP contribution in [0.2, 0.25) is 0 Å². The van der Waals surface area contributed by atoms with Crippen molar-refractivity contribution in [2.45, 2.75) is 25.9 Å². The van der Waals surface area contributed by atoms with Crippen molar-refractivity contribution in [2.75, 3.05) is 12.3 Å². The van der Waals surface area contributed by atoms with Crippen LogP contribution in [0, 0.1) is 23.7 Å². The number of H-pyrrole nitrogens is 1. The summed E-state index contributed by atoms with van der Waals surface area (Å²) in [5.74, 6) is -0.673. The summed E-state index contributed by atoms with van der Waals surface area (Å²) in [7, 11) is 0. The van der Waals surface area contributed by atoms with Crippen molar-refractivity contribution in [3.8, 4) is 12.3 Å². The fourth-order valence-corrected chi connectivity index (χ4v) is 2.90. The molecule has 9 heteroatoms. The number of aromatic nitrogens is 4. The van der Waals surface area contributed by atoms with E-state index in [0.717, 1.165) is 0 Å². The number of halogens is 1. The van der Waals surface area contributed by atoms with Gasteiger partial charge in [-0.3, -0.25) is 14.3 Å². The highest BCUT2D eigenvalue weighted by Gasteiger charge is 2.60. The Morgan fingerprint density at radius 1 is 1.70 bits per heavy atom. The fourth-order valence-electron chi connectivity index (χ4n) is 2.90. The Kier molecular flexibility index (Phi) is 3.21. The molecule has 4 atom stereocenters. The van der Waals surface area contributed by atoms with Gasteiger partial charge < -0.3 is 15.6 Å². The van der Waals surface area contributed by atoms with Gasteiger partial charge in [-0.05, 0) is 6.92 Å². The van der Waals surface area contributed by atoms with Gasteiger partial charge in [-0.2, -0.15) is 4.98 Å². The molecule has 122 valence electrons. The molecular weight excluding hydrogens is 305 g/mol. The number of nitrogen functional groups attached to an aromatic ring is 1. The summed E-state index contributed by atoms with van der Waals surface area (Å²) in [4.78, 5) is 22.2. The fraction of sp³-hybridized carbons (Fsp3) is 0.500. The van der Waals surface area contributed by atoms with E-state index in [4.69, 9.17) is 16.9 Å². The molecule has 4 N–H and O–H groups in total. The second-order valence-electron chi connectivity index (χ2n) is 5.84. The van der Waals surface area contributed by atoms with E-state index in [1.807, 2.05) is 0 Å². The first-order valence-electron chi connectivity index (χ1n) is 6.94. The van der Waals surface area contributed by atoms with Gasteiger partial charge in [-0.25, -0.2) is 9.37 Å². The van der Waals surface area contributed by atoms with Crippen molar-refractivity contribution in [3.63, 3.8) is 0 Å². The number of terminal acetylenes is 1. The van der Waals surface area contributed by atoms with Crippen LogP contribution in [0.1, 0.15) is 20.1 Å². The molecule has 3 heterocycles. The highest BCUT2D eigenvalue weighted by atomic mass is 19.2. The molecule has 1 saturated heterocycles. The van der Waals surface area contributed by atoms with Gasteiger partial charge in [-0.15, -0.1) is 6.42 Å². The van der Waals surface area contributed by atoms with Gasteiger partial charge in [0.25, 0.3) is 5.56 Å². The highest BCUT2D eigenvalue weighted by molar-refractivity contribution is 5.70. The number of hydrogen-bond donors (Lipinski definition) is 3. The Morgan fingerprint density at radius 3 is 3.00 bits per heavy atom. The van der Waals surface area contributed by atoms with Gasteiger partial charge in [-0.1, -0.05) is 12.8 Å². The predicted octanol–water partition coefficient (Wildman–Crippen LogP) is 0.164. The third kappa shape index (κ3) is 1.95. The summed E-state index contributed by atoms with van der Waals surface area (Å²) >= 11 is 0. The number of aromatic amines is 1. The summed E-state index contributed by atoms with van der Waals surface area (Å²) in [5, 5.41) is 9.36. The summed E-state index contributed by atoms with van der Waals surface area (Å²) in [6.07, 6.45) is 5.90. The zero-order valence-corrected chi connectivity index (χ0v) is 12.6. The molecule has 0 bridgehead atoms. The molecule has 0 radical (unpaired) electrons. The molecule has 1 aliphatic heterocycles. The molecule has 0 amide bonds. The average molecular weight is 321 g/mol. The highest BCUT2D eigenvalue weighted by Crippen LogP contribution is 2.54. The largest absolute Gasteiger partial charge is 0.390 e. The Morgan fingerprint density at radius 2 is 2.39 bits per heavy atom. The summed E-state index contributed by atoms with van der Waals surface area (Å²) in [6.45, 7) is 2.36. The topological polar surface area (TPSA) is 119 Å². The number of aliphatic hydroxyl groups is 1. The van der Waals surface area contributed by atoms with Crippen LogP contribution in [0.25, 0.3) is 11.2 Å². The van der Waals surface area contributed by atoms with Crippen LogP contribution in [0.4, 0.5) is 10.3 Å². The minimum atomic E-state index is -2.31. The van der Waals surface area contributed by atoms with E-state index >= 15 is 0 Å². The maximum atomic E-state index is 14.8. The van der Waals surface area contributed by atoms with Crippen molar-refractivity contribution in [3.05, 3.63) is 16.7 Å². The zero-order chi connectivity index (χ0) is 17.0. The van der Waals surface area contributed by atoms with E-state index < -0.39 is 35.6 Å². The maximum absolute atomic E-state index is 14.8. The van der Waals surface area contributed by atoms with Crippen molar-refractivity contribution in [1.82, 2.24) is 19.5 Å². The van der Waals surface area contributed by atoms with E-state index in [0.29, 0.717) is 0 Å². The van der Waals surface area contributed by atoms with Crippen molar-refractivity contribution < 1.29 is 14.2 Å². The van der Waals surface area contributed by atoms with Gasteiger partial charge in [0.15, 0.2) is 17.4 Å². The van der Waals surface area contributed by atoms with Crippen LogP contribution in [-0.2, 0) is 4.74 Å². The number of nitrogens with one attached hydrogen (secondary N) is 1. The van der Waals surface area contributed by atoms with E-state index in [2.05, 4.69) is 20.9 Å². The zero-order valence-electron chi connectivity index (χ0n) is 12.6. The Bertz CT molecular complexity index is 871. The quantitative estimate of drug-likeness (QED) is 0.678. The number of rotatable bonds is 2. The Hall–Kier alpha value is -2.44. The lowest BCUT2D eigenvalue weighted by Gasteiger charge is -2.28.